The first-order valence-electron chi connectivity index (χ1n) is 22.7. The lowest BCUT2D eigenvalue weighted by Gasteiger charge is -2.15. The Morgan fingerprint density at radius 2 is 0.914 bits per heavy atom. The summed E-state index contributed by atoms with van der Waals surface area (Å²) in [6.07, 6.45) is 8.04. The zero-order valence-electron chi connectivity index (χ0n) is 39.4. The highest BCUT2D eigenvalue weighted by atomic mass is 16.2. The van der Waals surface area contributed by atoms with E-state index < -0.39 is 0 Å². The van der Waals surface area contributed by atoms with E-state index in [0.29, 0.717) is 28.4 Å². The number of terminal acetylenes is 1. The summed E-state index contributed by atoms with van der Waals surface area (Å²) in [7, 11) is 0. The Morgan fingerprint density at radius 1 is 0.529 bits per heavy atom. The summed E-state index contributed by atoms with van der Waals surface area (Å²) in [4.78, 5) is 34.4. The molecule has 6 aromatic carbocycles. The van der Waals surface area contributed by atoms with Crippen LogP contribution in [0.1, 0.15) is 47.5 Å². The van der Waals surface area contributed by atoms with Crippen LogP contribution in [-0.2, 0) is 22.4 Å². The van der Waals surface area contributed by atoms with Gasteiger partial charge in [-0.05, 0) is 103 Å². The topological polar surface area (TPSA) is 104 Å². The van der Waals surface area contributed by atoms with Crippen molar-refractivity contribution >= 4 is 39.6 Å². The Bertz CT molecular complexity index is 3700. The Kier molecular flexibility index (Phi) is 14.1. The predicted molar refractivity (Wildman–Crippen MR) is 278 cm³/mol. The molecule has 4 aromatic heterocycles. The van der Waals surface area contributed by atoms with E-state index in [-0.39, 0.29) is 6.15 Å². The zero-order chi connectivity index (χ0) is 49.3. The molecule has 0 amide bonds. The van der Waals surface area contributed by atoms with Gasteiger partial charge < -0.3 is 0 Å². The second-order valence-corrected chi connectivity index (χ2v) is 16.3. The number of benzene rings is 6. The smallest absolute Gasteiger partial charge is 0.240 e. The van der Waals surface area contributed by atoms with Crippen molar-refractivity contribution in [2.45, 2.75) is 47.5 Å². The fourth-order valence-electron chi connectivity index (χ4n) is 8.73. The van der Waals surface area contributed by atoms with Gasteiger partial charge >= 0.3 is 6.15 Å². The number of para-hydroxylation sites is 2. The SMILES string of the molecule is O=C=O.[C-]#[N+]c1c(-c2ccc(CC)cc2)nc2c(c(C)nn2-c2ccccc2)c1-c1ccccc1C.[C-]#[N+]c1c(-c2ccc(CC)cc2)nc2c(c(C)nn2-c2ccccc2)c1-c1ccccc1C#C. The van der Waals surface area contributed by atoms with Gasteiger partial charge in [-0.1, -0.05) is 147 Å². The highest BCUT2D eigenvalue weighted by Gasteiger charge is 2.26. The normalized spacial score (nSPS) is 10.5. The molecule has 0 radical (unpaired) electrons. The summed E-state index contributed by atoms with van der Waals surface area (Å²) in [5.41, 5.74) is 17.1. The van der Waals surface area contributed by atoms with Crippen LogP contribution in [0.15, 0.2) is 158 Å². The number of hydrogen-bond donors (Lipinski definition) is 0. The van der Waals surface area contributed by atoms with Crippen LogP contribution in [0.25, 0.3) is 87.9 Å². The molecular formula is C60H46N8O2. The van der Waals surface area contributed by atoms with E-state index in [1.165, 1.54) is 11.1 Å². The number of aromatic nitrogens is 6. The first kappa shape index (κ1) is 47.0. The molecule has 70 heavy (non-hydrogen) atoms. The van der Waals surface area contributed by atoms with Crippen LogP contribution < -0.4 is 0 Å². The van der Waals surface area contributed by atoms with Crippen LogP contribution in [0, 0.1) is 46.3 Å². The summed E-state index contributed by atoms with van der Waals surface area (Å²) >= 11 is 0. The van der Waals surface area contributed by atoms with Gasteiger partial charge in [0, 0.05) is 27.5 Å². The van der Waals surface area contributed by atoms with E-state index in [2.05, 4.69) is 84.9 Å². The van der Waals surface area contributed by atoms with Gasteiger partial charge in [-0.25, -0.2) is 29.0 Å². The molecule has 0 spiro atoms. The van der Waals surface area contributed by atoms with Gasteiger partial charge in [-0.15, -0.1) is 6.42 Å². The van der Waals surface area contributed by atoms with E-state index in [9.17, 15) is 0 Å². The third-order valence-electron chi connectivity index (χ3n) is 12.2. The fraction of sp³-hybridized carbons (Fsp3) is 0.117. The van der Waals surface area contributed by atoms with Crippen molar-refractivity contribution in [3.05, 3.63) is 214 Å². The molecule has 10 nitrogen and oxygen atoms in total. The van der Waals surface area contributed by atoms with Gasteiger partial charge in [-0.3, -0.25) is 0 Å². The zero-order valence-corrected chi connectivity index (χ0v) is 39.4. The molecule has 0 N–H and O–H groups in total. The van der Waals surface area contributed by atoms with Gasteiger partial charge in [0.25, 0.3) is 0 Å². The lowest BCUT2D eigenvalue weighted by atomic mass is 9.93. The predicted octanol–water partition coefficient (Wildman–Crippen LogP) is 14.1. The summed E-state index contributed by atoms with van der Waals surface area (Å²) in [5, 5.41) is 11.5. The van der Waals surface area contributed by atoms with Crippen LogP contribution in [0.3, 0.4) is 0 Å². The number of carbonyl (C=O) groups excluding carboxylic acids is 2. The van der Waals surface area contributed by atoms with Gasteiger partial charge in [0.1, 0.15) is 0 Å². The maximum absolute atomic E-state index is 8.15. The second-order valence-electron chi connectivity index (χ2n) is 16.3. The Labute approximate surface area is 407 Å². The van der Waals surface area contributed by atoms with E-state index in [1.54, 1.807) is 0 Å². The molecule has 0 aliphatic rings. The molecule has 0 fully saturated rings. The first-order chi connectivity index (χ1) is 34.2. The first-order valence-corrected chi connectivity index (χ1v) is 22.7. The van der Waals surface area contributed by atoms with Crippen molar-refractivity contribution in [2.75, 3.05) is 0 Å². The Balaban J connectivity index is 0.000000178. The van der Waals surface area contributed by atoms with Gasteiger partial charge in [-0.2, -0.15) is 19.8 Å². The molecule has 0 aliphatic heterocycles. The average Bonchev–Trinajstić information content (AvgIpc) is 3.93. The van der Waals surface area contributed by atoms with E-state index >= 15 is 0 Å². The van der Waals surface area contributed by atoms with Crippen molar-refractivity contribution in [3.63, 3.8) is 0 Å². The Morgan fingerprint density at radius 3 is 1.31 bits per heavy atom. The third kappa shape index (κ3) is 9.01. The van der Waals surface area contributed by atoms with Crippen molar-refractivity contribution in [1.29, 1.82) is 0 Å². The van der Waals surface area contributed by atoms with Crippen LogP contribution in [0.5, 0.6) is 0 Å². The molecule has 0 aliphatic carbocycles. The molecule has 0 unspecified atom stereocenters. The van der Waals surface area contributed by atoms with Crippen molar-refractivity contribution < 1.29 is 9.59 Å². The van der Waals surface area contributed by atoms with E-state index in [1.807, 2.05) is 132 Å². The minimum Gasteiger partial charge on any atom is -0.240 e. The third-order valence-corrected chi connectivity index (χ3v) is 12.2. The van der Waals surface area contributed by atoms with Crippen molar-refractivity contribution in [2.24, 2.45) is 0 Å². The van der Waals surface area contributed by atoms with E-state index in [0.717, 1.165) is 96.5 Å². The lowest BCUT2D eigenvalue weighted by molar-refractivity contribution is -0.191. The minimum absolute atomic E-state index is 0.250. The quantitative estimate of drug-likeness (QED) is 0.111. The van der Waals surface area contributed by atoms with Crippen LogP contribution >= 0.6 is 0 Å². The molecule has 10 aromatic rings. The second kappa shape index (κ2) is 21.0. The molecule has 0 saturated carbocycles. The summed E-state index contributed by atoms with van der Waals surface area (Å²) in [6, 6.07) is 52.5. The molecule has 0 bridgehead atoms. The van der Waals surface area contributed by atoms with Crippen LogP contribution in [-0.4, -0.2) is 35.7 Å². The van der Waals surface area contributed by atoms with Crippen molar-refractivity contribution in [3.8, 4) is 68.5 Å². The fourth-order valence-corrected chi connectivity index (χ4v) is 8.73. The standard InChI is InChI=1S/C30H22N4.C29H24N4.CO2/c1-5-21-16-18-23(19-17-21)28-29(31-4)27(25-15-11-10-12-22(25)6-2)26-20(3)33-34(30(26)32-28)24-13-8-7-9-14-24;1-5-21-15-17-22(18-16-21)27-28(30-4)26(24-14-10-9-11-19(24)2)25-20(3)32-33(29(25)31-27)23-12-7-6-8-13-23;2-1-3/h2,7-19H,5H2,1,3H3;6-18H,5H2,1-3H3;. The van der Waals surface area contributed by atoms with E-state index in [4.69, 9.17) is 49.3 Å². The van der Waals surface area contributed by atoms with Crippen LogP contribution in [0.2, 0.25) is 0 Å². The molecule has 10 heteroatoms. The number of aryl methyl sites for hydroxylation is 5. The Hall–Kier alpha value is -9.52. The highest BCUT2D eigenvalue weighted by molar-refractivity contribution is 6.08. The molecular weight excluding hydrogens is 865 g/mol. The largest absolute Gasteiger partial charge is 0.373 e. The number of hydrogen-bond acceptors (Lipinski definition) is 6. The highest BCUT2D eigenvalue weighted by Crippen LogP contribution is 2.47. The molecule has 10 rings (SSSR count). The monoisotopic (exact) mass is 910 g/mol. The molecule has 4 heterocycles. The minimum atomic E-state index is 0.250. The van der Waals surface area contributed by atoms with Gasteiger partial charge in [0.15, 0.2) is 11.3 Å². The summed E-state index contributed by atoms with van der Waals surface area (Å²) in [6.45, 7) is 26.6. The maximum atomic E-state index is 8.15. The number of rotatable bonds is 8. The summed E-state index contributed by atoms with van der Waals surface area (Å²) in [5.74, 6) is 2.79. The van der Waals surface area contributed by atoms with Crippen molar-refractivity contribution in [1.82, 2.24) is 29.5 Å². The molecule has 338 valence electrons. The number of pyridine rings is 2. The molecule has 0 saturated heterocycles. The average molecular weight is 911 g/mol. The number of nitrogens with zero attached hydrogens (tertiary/aromatic N) is 8. The number of fused-ring (bicyclic) bond motifs is 2. The molecule has 0 atom stereocenters. The summed E-state index contributed by atoms with van der Waals surface area (Å²) < 4.78 is 3.74. The van der Waals surface area contributed by atoms with Crippen LogP contribution in [0.4, 0.5) is 11.4 Å². The maximum Gasteiger partial charge on any atom is 0.373 e. The van der Waals surface area contributed by atoms with Gasteiger partial charge in [0.05, 0.1) is 47.3 Å². The lowest BCUT2D eigenvalue weighted by Crippen LogP contribution is -1.99. The van der Waals surface area contributed by atoms with Gasteiger partial charge in [0.2, 0.25) is 11.4 Å².